The fourth-order valence-electron chi connectivity index (χ4n) is 1.16. The third-order valence-electron chi connectivity index (χ3n) is 1.80. The number of aryl methyl sites for hydroxylation is 2. The molecule has 56 valence electrons. The maximum atomic E-state index is 5.33. The molecule has 0 amide bonds. The van der Waals surface area contributed by atoms with Crippen molar-refractivity contribution in [2.75, 3.05) is 0 Å². The molecule has 1 aromatic rings. The molecular weight excluding hydrogens is 132 g/mol. The molecule has 0 nitrogen and oxygen atoms in total. The second-order valence-corrected chi connectivity index (χ2v) is 2.66. The van der Waals surface area contributed by atoms with Gasteiger partial charge >= 0.3 is 0 Å². The lowest BCUT2D eigenvalue weighted by Crippen LogP contribution is -1.87. The molecule has 1 rings (SSSR count). The second kappa shape index (κ2) is 3.25. The third-order valence-corrected chi connectivity index (χ3v) is 1.80. The highest BCUT2D eigenvalue weighted by Crippen LogP contribution is 2.10. The van der Waals surface area contributed by atoms with Crippen molar-refractivity contribution < 1.29 is 0 Å². The molecule has 0 aliphatic rings. The Morgan fingerprint density at radius 1 is 1.45 bits per heavy atom. The third kappa shape index (κ3) is 1.62. The highest BCUT2D eigenvalue weighted by molar-refractivity contribution is 5.41. The first-order valence-electron chi connectivity index (χ1n) is 3.84. The Labute approximate surface area is 68.3 Å². The van der Waals surface area contributed by atoms with E-state index in [1.54, 1.807) is 0 Å². The van der Waals surface area contributed by atoms with E-state index in [0.29, 0.717) is 0 Å². The lowest BCUT2D eigenvalue weighted by atomic mass is 10.0. The van der Waals surface area contributed by atoms with E-state index in [0.717, 1.165) is 12.0 Å². The van der Waals surface area contributed by atoms with Crippen molar-refractivity contribution in [2.45, 2.75) is 20.3 Å². The lowest BCUT2D eigenvalue weighted by molar-refractivity contribution is 1.12. The van der Waals surface area contributed by atoms with Crippen molar-refractivity contribution in [3.8, 4) is 12.3 Å². The van der Waals surface area contributed by atoms with Crippen LogP contribution in [0.5, 0.6) is 0 Å². The van der Waals surface area contributed by atoms with Crippen molar-refractivity contribution in [3.63, 3.8) is 0 Å². The van der Waals surface area contributed by atoms with Gasteiger partial charge in [0, 0.05) is 5.56 Å². The summed E-state index contributed by atoms with van der Waals surface area (Å²) in [6.45, 7) is 4.20. The van der Waals surface area contributed by atoms with Crippen molar-refractivity contribution in [3.05, 3.63) is 34.9 Å². The van der Waals surface area contributed by atoms with Gasteiger partial charge in [-0.3, -0.25) is 0 Å². The quantitative estimate of drug-likeness (QED) is 0.531. The molecule has 0 spiro atoms. The van der Waals surface area contributed by atoms with Gasteiger partial charge in [-0.15, -0.1) is 6.42 Å². The summed E-state index contributed by atoms with van der Waals surface area (Å²) in [6.07, 6.45) is 6.34. The molecule has 0 aromatic heterocycles. The van der Waals surface area contributed by atoms with E-state index in [9.17, 15) is 0 Å². The summed E-state index contributed by atoms with van der Waals surface area (Å²) in [6, 6.07) is 6.21. The van der Waals surface area contributed by atoms with Crippen LogP contribution in [0.25, 0.3) is 0 Å². The number of benzene rings is 1. The minimum absolute atomic E-state index is 1.02. The first-order chi connectivity index (χ1) is 5.27. The number of hydrogen-bond acceptors (Lipinski definition) is 0. The van der Waals surface area contributed by atoms with Gasteiger partial charge < -0.3 is 0 Å². The Morgan fingerprint density at radius 2 is 2.18 bits per heavy atom. The summed E-state index contributed by atoms with van der Waals surface area (Å²) < 4.78 is 0. The van der Waals surface area contributed by atoms with Crippen LogP contribution in [0.4, 0.5) is 0 Å². The van der Waals surface area contributed by atoms with Crippen molar-refractivity contribution in [1.82, 2.24) is 0 Å². The summed E-state index contributed by atoms with van der Waals surface area (Å²) in [7, 11) is 0. The maximum Gasteiger partial charge on any atom is 0.0274 e. The molecule has 0 radical (unpaired) electrons. The predicted molar refractivity (Wildman–Crippen MR) is 48.5 cm³/mol. The SMILES string of the molecule is C#Cc1ccc(C)cc1CC. The van der Waals surface area contributed by atoms with Crippen LogP contribution in [0.3, 0.4) is 0 Å². The average molecular weight is 144 g/mol. The largest absolute Gasteiger partial charge is 0.115 e. The van der Waals surface area contributed by atoms with E-state index < -0.39 is 0 Å². The monoisotopic (exact) mass is 144 g/mol. The van der Waals surface area contributed by atoms with Gasteiger partial charge in [0.1, 0.15) is 0 Å². The zero-order chi connectivity index (χ0) is 8.27. The maximum absolute atomic E-state index is 5.33. The van der Waals surface area contributed by atoms with Gasteiger partial charge in [-0.2, -0.15) is 0 Å². The molecule has 0 heteroatoms. The molecule has 0 fully saturated rings. The Bertz CT molecular complexity index is 289. The molecule has 0 unspecified atom stereocenters. The number of rotatable bonds is 1. The Kier molecular flexibility index (Phi) is 2.33. The van der Waals surface area contributed by atoms with E-state index in [2.05, 4.69) is 25.8 Å². The van der Waals surface area contributed by atoms with E-state index in [1.807, 2.05) is 12.1 Å². The summed E-state index contributed by atoms with van der Waals surface area (Å²) in [5.74, 6) is 2.67. The fourth-order valence-corrected chi connectivity index (χ4v) is 1.16. The van der Waals surface area contributed by atoms with Crippen LogP contribution in [0.2, 0.25) is 0 Å². The van der Waals surface area contributed by atoms with Crippen molar-refractivity contribution in [1.29, 1.82) is 0 Å². The van der Waals surface area contributed by atoms with Crippen LogP contribution in [0.1, 0.15) is 23.6 Å². The zero-order valence-electron chi connectivity index (χ0n) is 7.02. The molecule has 0 saturated heterocycles. The predicted octanol–water partition coefficient (Wildman–Crippen LogP) is 2.54. The fraction of sp³-hybridized carbons (Fsp3) is 0.273. The van der Waals surface area contributed by atoms with Gasteiger partial charge in [0.15, 0.2) is 0 Å². The number of terminal acetylenes is 1. The molecule has 11 heavy (non-hydrogen) atoms. The molecule has 0 atom stereocenters. The van der Waals surface area contributed by atoms with Gasteiger partial charge in [0.05, 0.1) is 0 Å². The van der Waals surface area contributed by atoms with Crippen LogP contribution in [0, 0.1) is 19.3 Å². The smallest absolute Gasteiger partial charge is 0.0274 e. The van der Waals surface area contributed by atoms with Gasteiger partial charge in [-0.1, -0.05) is 30.5 Å². The minimum atomic E-state index is 1.02. The Hall–Kier alpha value is -1.22. The van der Waals surface area contributed by atoms with Crippen LogP contribution in [-0.4, -0.2) is 0 Å². The second-order valence-electron chi connectivity index (χ2n) is 2.66. The first-order valence-corrected chi connectivity index (χ1v) is 3.84. The van der Waals surface area contributed by atoms with Gasteiger partial charge in [0.25, 0.3) is 0 Å². The number of hydrogen-bond donors (Lipinski definition) is 0. The molecule has 0 bridgehead atoms. The van der Waals surface area contributed by atoms with Crippen LogP contribution < -0.4 is 0 Å². The molecule has 0 aliphatic carbocycles. The summed E-state index contributed by atoms with van der Waals surface area (Å²) in [5.41, 5.74) is 3.58. The van der Waals surface area contributed by atoms with E-state index in [1.165, 1.54) is 11.1 Å². The van der Waals surface area contributed by atoms with Crippen molar-refractivity contribution >= 4 is 0 Å². The highest BCUT2D eigenvalue weighted by Gasteiger charge is 1.96. The summed E-state index contributed by atoms with van der Waals surface area (Å²) in [4.78, 5) is 0. The van der Waals surface area contributed by atoms with E-state index in [-0.39, 0.29) is 0 Å². The van der Waals surface area contributed by atoms with Crippen LogP contribution in [0.15, 0.2) is 18.2 Å². The highest BCUT2D eigenvalue weighted by atomic mass is 14.0. The molecule has 1 aromatic carbocycles. The standard InChI is InChI=1S/C11H12/c1-4-10-7-6-9(3)8-11(10)5-2/h1,6-8H,5H2,2-3H3. The van der Waals surface area contributed by atoms with Gasteiger partial charge in [-0.25, -0.2) is 0 Å². The van der Waals surface area contributed by atoms with E-state index in [4.69, 9.17) is 6.42 Å². The minimum Gasteiger partial charge on any atom is -0.115 e. The normalized spacial score (nSPS) is 9.18. The van der Waals surface area contributed by atoms with Crippen molar-refractivity contribution in [2.24, 2.45) is 0 Å². The Morgan fingerprint density at radius 3 is 2.73 bits per heavy atom. The Balaban J connectivity index is 3.19. The average Bonchev–Trinajstić information content (AvgIpc) is 2.04. The zero-order valence-corrected chi connectivity index (χ0v) is 7.02. The van der Waals surface area contributed by atoms with Gasteiger partial charge in [0.2, 0.25) is 0 Å². The van der Waals surface area contributed by atoms with E-state index >= 15 is 0 Å². The van der Waals surface area contributed by atoms with Crippen LogP contribution in [-0.2, 0) is 6.42 Å². The topological polar surface area (TPSA) is 0 Å². The summed E-state index contributed by atoms with van der Waals surface area (Å²) >= 11 is 0. The molecule has 0 heterocycles. The molecule has 0 N–H and O–H groups in total. The molecule has 0 saturated carbocycles. The van der Waals surface area contributed by atoms with Crippen LogP contribution >= 0.6 is 0 Å². The lowest BCUT2D eigenvalue weighted by Gasteiger charge is -2.01. The molecule has 0 aliphatic heterocycles. The first kappa shape index (κ1) is 7.88. The molecular formula is C11H12. The van der Waals surface area contributed by atoms with Gasteiger partial charge in [-0.05, 0) is 25.0 Å². The summed E-state index contributed by atoms with van der Waals surface area (Å²) in [5, 5.41) is 0.